The normalized spacial score (nSPS) is 18.8. The van der Waals surface area contributed by atoms with Gasteiger partial charge in [0.1, 0.15) is 0 Å². The minimum absolute atomic E-state index is 0.250. The molecule has 0 saturated carbocycles. The van der Waals surface area contributed by atoms with Crippen LogP contribution < -0.4 is 5.32 Å². The Morgan fingerprint density at radius 3 is 2.28 bits per heavy atom. The van der Waals surface area contributed by atoms with E-state index in [1.807, 2.05) is 0 Å². The molecular formula is C13H28N2O3. The molecule has 108 valence electrons. The summed E-state index contributed by atoms with van der Waals surface area (Å²) in [6, 6.07) is 0. The standard InChI is InChI=1S/C8H16N2O.C4H10.CH2O2/c1-10-4-2-3-8(6-10)5-9-7-11;1-4(2)3;2-1-3/h7-8H,2-6H2,1H3,(H,9,11);4H,1-3H3;1H,(H,2,3). The molecular weight excluding hydrogens is 232 g/mol. The Hall–Kier alpha value is -1.10. The summed E-state index contributed by atoms with van der Waals surface area (Å²) < 4.78 is 0. The third kappa shape index (κ3) is 17.3. The van der Waals surface area contributed by atoms with Crippen molar-refractivity contribution in [3.63, 3.8) is 0 Å². The van der Waals surface area contributed by atoms with Crippen LogP contribution >= 0.6 is 0 Å². The fourth-order valence-electron chi connectivity index (χ4n) is 1.65. The van der Waals surface area contributed by atoms with Gasteiger partial charge < -0.3 is 15.3 Å². The average molecular weight is 260 g/mol. The number of nitrogens with one attached hydrogen (secondary N) is 1. The van der Waals surface area contributed by atoms with E-state index in [2.05, 4.69) is 38.0 Å². The molecule has 1 rings (SSSR count). The van der Waals surface area contributed by atoms with E-state index in [-0.39, 0.29) is 6.47 Å². The monoisotopic (exact) mass is 260 g/mol. The zero-order chi connectivity index (χ0) is 14.4. The Labute approximate surface area is 111 Å². The van der Waals surface area contributed by atoms with E-state index in [1.165, 1.54) is 19.4 Å². The van der Waals surface area contributed by atoms with Crippen LogP contribution in [0.2, 0.25) is 0 Å². The van der Waals surface area contributed by atoms with Crippen LogP contribution in [0.4, 0.5) is 0 Å². The van der Waals surface area contributed by atoms with Gasteiger partial charge >= 0.3 is 0 Å². The van der Waals surface area contributed by atoms with E-state index < -0.39 is 0 Å². The highest BCUT2D eigenvalue weighted by atomic mass is 16.3. The fourth-order valence-corrected chi connectivity index (χ4v) is 1.65. The first kappa shape index (κ1) is 19.2. The smallest absolute Gasteiger partial charge is 0.290 e. The maximum absolute atomic E-state index is 10.0. The van der Waals surface area contributed by atoms with Crippen LogP contribution in [0.15, 0.2) is 0 Å². The predicted molar refractivity (Wildman–Crippen MR) is 73.5 cm³/mol. The molecule has 0 spiro atoms. The summed E-state index contributed by atoms with van der Waals surface area (Å²) >= 11 is 0. The largest absolute Gasteiger partial charge is 0.483 e. The molecule has 1 atom stereocenters. The van der Waals surface area contributed by atoms with Gasteiger partial charge in [-0.3, -0.25) is 9.59 Å². The van der Waals surface area contributed by atoms with Gasteiger partial charge in [0.15, 0.2) is 0 Å². The molecule has 0 aliphatic carbocycles. The van der Waals surface area contributed by atoms with E-state index in [1.54, 1.807) is 0 Å². The molecule has 1 aliphatic heterocycles. The number of carboxylic acid groups (broad SMARTS) is 1. The van der Waals surface area contributed by atoms with Gasteiger partial charge in [0.2, 0.25) is 6.41 Å². The first-order valence-corrected chi connectivity index (χ1v) is 6.41. The van der Waals surface area contributed by atoms with Crippen LogP contribution in [0.5, 0.6) is 0 Å². The zero-order valence-electron chi connectivity index (χ0n) is 12.1. The van der Waals surface area contributed by atoms with E-state index in [9.17, 15) is 4.79 Å². The summed E-state index contributed by atoms with van der Waals surface area (Å²) in [4.78, 5) is 20.7. The molecule has 1 unspecified atom stereocenters. The second-order valence-electron chi connectivity index (χ2n) is 5.13. The lowest BCUT2D eigenvalue weighted by Crippen LogP contribution is -2.36. The molecule has 1 heterocycles. The lowest BCUT2D eigenvalue weighted by atomic mass is 9.99. The third-order valence-electron chi connectivity index (χ3n) is 2.21. The average Bonchev–Trinajstić information content (AvgIpc) is 2.27. The molecule has 0 aromatic rings. The fraction of sp³-hybridized carbons (Fsp3) is 0.846. The van der Waals surface area contributed by atoms with Crippen molar-refractivity contribution in [2.75, 3.05) is 26.7 Å². The summed E-state index contributed by atoms with van der Waals surface area (Å²) in [7, 11) is 2.13. The Bertz CT molecular complexity index is 196. The van der Waals surface area contributed by atoms with Crippen LogP contribution in [-0.4, -0.2) is 49.6 Å². The first-order chi connectivity index (χ1) is 8.47. The van der Waals surface area contributed by atoms with Crippen LogP contribution in [0.3, 0.4) is 0 Å². The molecule has 0 bridgehead atoms. The minimum atomic E-state index is -0.250. The Morgan fingerprint density at radius 2 is 1.89 bits per heavy atom. The second kappa shape index (κ2) is 14.0. The maximum atomic E-state index is 10.0. The highest BCUT2D eigenvalue weighted by Gasteiger charge is 2.15. The van der Waals surface area contributed by atoms with Gasteiger partial charge in [-0.2, -0.15) is 0 Å². The van der Waals surface area contributed by atoms with Crippen molar-refractivity contribution < 1.29 is 14.7 Å². The number of hydrogen-bond donors (Lipinski definition) is 2. The van der Waals surface area contributed by atoms with Crippen molar-refractivity contribution in [2.24, 2.45) is 11.8 Å². The minimum Gasteiger partial charge on any atom is -0.483 e. The van der Waals surface area contributed by atoms with Gasteiger partial charge in [0.05, 0.1) is 0 Å². The molecule has 2 N–H and O–H groups in total. The SMILES string of the molecule is CC(C)C.CN1CCCC(CNC=O)C1.O=CO. The summed E-state index contributed by atoms with van der Waals surface area (Å²) in [5.41, 5.74) is 0. The zero-order valence-corrected chi connectivity index (χ0v) is 12.1. The van der Waals surface area contributed by atoms with Gasteiger partial charge in [0, 0.05) is 13.1 Å². The predicted octanol–water partition coefficient (Wildman–Crippen LogP) is 1.44. The van der Waals surface area contributed by atoms with E-state index in [4.69, 9.17) is 9.90 Å². The van der Waals surface area contributed by atoms with Gasteiger partial charge in [-0.05, 0) is 38.3 Å². The Morgan fingerprint density at radius 1 is 1.39 bits per heavy atom. The molecule has 1 aliphatic rings. The van der Waals surface area contributed by atoms with Crippen LogP contribution in [0.1, 0.15) is 33.6 Å². The van der Waals surface area contributed by atoms with Crippen molar-refractivity contribution in [2.45, 2.75) is 33.6 Å². The molecule has 0 aromatic heterocycles. The van der Waals surface area contributed by atoms with Crippen LogP contribution in [0.25, 0.3) is 0 Å². The molecule has 1 amide bonds. The van der Waals surface area contributed by atoms with Crippen molar-refractivity contribution in [3.05, 3.63) is 0 Å². The van der Waals surface area contributed by atoms with E-state index in [0.717, 1.165) is 25.4 Å². The molecule has 1 fully saturated rings. The van der Waals surface area contributed by atoms with Crippen LogP contribution in [0, 0.1) is 11.8 Å². The van der Waals surface area contributed by atoms with Crippen molar-refractivity contribution in [1.29, 1.82) is 0 Å². The Kier molecular flexibility index (Phi) is 14.9. The molecule has 1 saturated heterocycles. The maximum Gasteiger partial charge on any atom is 0.290 e. The highest BCUT2D eigenvalue weighted by Crippen LogP contribution is 2.13. The summed E-state index contributed by atoms with van der Waals surface area (Å²) in [6.07, 6.45) is 3.31. The second-order valence-corrected chi connectivity index (χ2v) is 5.13. The molecule has 0 aromatic carbocycles. The first-order valence-electron chi connectivity index (χ1n) is 6.41. The van der Waals surface area contributed by atoms with Gasteiger partial charge in [-0.1, -0.05) is 20.8 Å². The Balaban J connectivity index is 0. The number of rotatable bonds is 3. The quantitative estimate of drug-likeness (QED) is 0.753. The van der Waals surface area contributed by atoms with Gasteiger partial charge in [-0.25, -0.2) is 0 Å². The number of nitrogens with zero attached hydrogens (tertiary/aromatic N) is 1. The van der Waals surface area contributed by atoms with Crippen molar-refractivity contribution in [3.8, 4) is 0 Å². The van der Waals surface area contributed by atoms with E-state index in [0.29, 0.717) is 5.92 Å². The molecule has 0 radical (unpaired) electrons. The van der Waals surface area contributed by atoms with Crippen molar-refractivity contribution in [1.82, 2.24) is 10.2 Å². The molecule has 5 heteroatoms. The summed E-state index contributed by atoms with van der Waals surface area (Å²) in [6.45, 7) is 9.42. The molecule has 5 nitrogen and oxygen atoms in total. The summed E-state index contributed by atoms with van der Waals surface area (Å²) in [5, 5.41) is 9.62. The molecule has 18 heavy (non-hydrogen) atoms. The van der Waals surface area contributed by atoms with Gasteiger partial charge in [-0.15, -0.1) is 0 Å². The number of carbonyl (C=O) groups is 2. The number of amides is 1. The number of piperidine rings is 1. The third-order valence-corrected chi connectivity index (χ3v) is 2.21. The highest BCUT2D eigenvalue weighted by molar-refractivity contribution is 5.45. The topological polar surface area (TPSA) is 69.6 Å². The number of likely N-dealkylation sites (tertiary alicyclic amines) is 1. The lowest BCUT2D eigenvalue weighted by molar-refractivity contribution is -0.122. The number of carbonyl (C=O) groups excluding carboxylic acids is 1. The van der Waals surface area contributed by atoms with Crippen LogP contribution in [-0.2, 0) is 9.59 Å². The lowest BCUT2D eigenvalue weighted by Gasteiger charge is -2.29. The van der Waals surface area contributed by atoms with Crippen molar-refractivity contribution >= 4 is 12.9 Å². The summed E-state index contributed by atoms with van der Waals surface area (Å²) in [5.74, 6) is 1.50. The van der Waals surface area contributed by atoms with Gasteiger partial charge in [0.25, 0.3) is 6.47 Å². The van der Waals surface area contributed by atoms with E-state index >= 15 is 0 Å². The number of hydrogen-bond acceptors (Lipinski definition) is 3.